The van der Waals surface area contributed by atoms with Gasteiger partial charge in [-0.15, -0.1) is 0 Å². The normalized spacial score (nSPS) is 10.1. The van der Waals surface area contributed by atoms with Gasteiger partial charge in [0, 0.05) is 18.7 Å². The van der Waals surface area contributed by atoms with E-state index in [4.69, 9.17) is 9.47 Å². The van der Waals surface area contributed by atoms with Gasteiger partial charge < -0.3 is 14.4 Å². The predicted molar refractivity (Wildman–Crippen MR) is 93.9 cm³/mol. The van der Waals surface area contributed by atoms with E-state index in [1.54, 1.807) is 36.4 Å². The lowest BCUT2D eigenvalue weighted by Gasteiger charge is -2.20. The molecule has 0 saturated carbocycles. The van der Waals surface area contributed by atoms with Crippen molar-refractivity contribution in [3.63, 3.8) is 0 Å². The molecule has 8 heteroatoms. The third-order valence-electron chi connectivity index (χ3n) is 3.57. The molecular weight excluding hydrogens is 340 g/mol. The number of rotatable bonds is 7. The lowest BCUT2D eigenvalue weighted by Crippen LogP contribution is -2.34. The van der Waals surface area contributed by atoms with Crippen LogP contribution in [0.3, 0.4) is 0 Å². The average Bonchev–Trinajstić information content (AvgIpc) is 2.64. The number of nitro groups is 1. The molecule has 0 bridgehead atoms. The van der Waals surface area contributed by atoms with Gasteiger partial charge >= 0.3 is 11.7 Å². The van der Waals surface area contributed by atoms with E-state index < -0.39 is 10.9 Å². The summed E-state index contributed by atoms with van der Waals surface area (Å²) >= 11 is 0. The zero-order valence-electron chi connectivity index (χ0n) is 14.4. The highest BCUT2D eigenvalue weighted by atomic mass is 16.6. The number of nitrogens with zero attached hydrogens (tertiary/aromatic N) is 2. The van der Waals surface area contributed by atoms with Crippen molar-refractivity contribution in [1.82, 2.24) is 0 Å². The number of hydrogen-bond donors (Lipinski definition) is 0. The number of para-hydroxylation sites is 1. The number of ether oxygens (including phenoxy) is 2. The monoisotopic (exact) mass is 358 g/mol. The molecular formula is C18H18N2O6. The molecule has 0 N–H and O–H groups in total. The van der Waals surface area contributed by atoms with Crippen molar-refractivity contribution in [2.45, 2.75) is 13.5 Å². The van der Waals surface area contributed by atoms with Crippen molar-refractivity contribution >= 4 is 23.3 Å². The first-order valence-electron chi connectivity index (χ1n) is 7.72. The number of amides is 1. The molecule has 0 radical (unpaired) electrons. The van der Waals surface area contributed by atoms with E-state index in [1.165, 1.54) is 31.1 Å². The summed E-state index contributed by atoms with van der Waals surface area (Å²) in [5.74, 6) is -0.798. The van der Waals surface area contributed by atoms with E-state index in [1.807, 2.05) is 0 Å². The molecule has 0 fully saturated rings. The maximum Gasteiger partial charge on any atom is 0.326 e. The topological polar surface area (TPSA) is 99.0 Å². The first-order valence-corrected chi connectivity index (χ1v) is 7.72. The number of methoxy groups -OCH3 is 1. The Morgan fingerprint density at radius 1 is 1.15 bits per heavy atom. The summed E-state index contributed by atoms with van der Waals surface area (Å²) in [6.07, 6.45) is 0. The smallest absolute Gasteiger partial charge is 0.326 e. The van der Waals surface area contributed by atoms with Crippen LogP contribution in [0.4, 0.5) is 11.4 Å². The summed E-state index contributed by atoms with van der Waals surface area (Å²) in [7, 11) is 1.34. The van der Waals surface area contributed by atoms with Crippen molar-refractivity contribution in [1.29, 1.82) is 0 Å². The van der Waals surface area contributed by atoms with Gasteiger partial charge in [-0.25, -0.2) is 0 Å². The zero-order valence-corrected chi connectivity index (χ0v) is 14.4. The van der Waals surface area contributed by atoms with Crippen molar-refractivity contribution in [2.24, 2.45) is 0 Å². The van der Waals surface area contributed by atoms with E-state index in [2.05, 4.69) is 0 Å². The van der Waals surface area contributed by atoms with Gasteiger partial charge in [0.1, 0.15) is 13.2 Å². The standard InChI is InChI=1S/C18H18N2O6/c1-13(21)19(15-6-4-3-5-7-15)11-18(22)26-12-14-8-9-17(25-2)16(10-14)20(23)24/h3-10H,11-12H2,1-2H3. The minimum atomic E-state index is -0.623. The third kappa shape index (κ3) is 4.79. The molecule has 2 rings (SSSR count). The molecule has 0 aliphatic rings. The Balaban J connectivity index is 2.03. The Morgan fingerprint density at radius 3 is 2.42 bits per heavy atom. The van der Waals surface area contributed by atoms with Crippen LogP contribution in [0.15, 0.2) is 48.5 Å². The minimum absolute atomic E-state index is 0.122. The van der Waals surface area contributed by atoms with Crippen LogP contribution in [0.1, 0.15) is 12.5 Å². The van der Waals surface area contributed by atoms with Crippen LogP contribution in [0, 0.1) is 10.1 Å². The number of hydrogen-bond acceptors (Lipinski definition) is 6. The Labute approximate surface area is 150 Å². The Hall–Kier alpha value is -3.42. The average molecular weight is 358 g/mol. The third-order valence-corrected chi connectivity index (χ3v) is 3.57. The molecule has 8 nitrogen and oxygen atoms in total. The first-order chi connectivity index (χ1) is 12.4. The molecule has 0 atom stereocenters. The molecule has 2 aromatic carbocycles. The number of nitro benzene ring substituents is 1. The number of carbonyl (C=O) groups is 2. The van der Waals surface area contributed by atoms with Crippen LogP contribution in [-0.4, -0.2) is 30.5 Å². The van der Waals surface area contributed by atoms with Gasteiger partial charge in [0.15, 0.2) is 5.75 Å². The van der Waals surface area contributed by atoms with Crippen molar-refractivity contribution < 1.29 is 24.0 Å². The molecule has 0 aliphatic carbocycles. The van der Waals surface area contributed by atoms with Gasteiger partial charge in [-0.1, -0.05) is 24.3 Å². The fourth-order valence-corrected chi connectivity index (χ4v) is 2.30. The van der Waals surface area contributed by atoms with Crippen LogP contribution in [0.2, 0.25) is 0 Å². The van der Waals surface area contributed by atoms with Gasteiger partial charge in [-0.2, -0.15) is 0 Å². The highest BCUT2D eigenvalue weighted by molar-refractivity contribution is 5.96. The predicted octanol–water partition coefficient (Wildman–Crippen LogP) is 2.70. The molecule has 0 heterocycles. The minimum Gasteiger partial charge on any atom is -0.490 e. The van der Waals surface area contributed by atoms with E-state index in [9.17, 15) is 19.7 Å². The second kappa shape index (κ2) is 8.61. The first kappa shape index (κ1) is 18.9. The summed E-state index contributed by atoms with van der Waals surface area (Å²) in [6.45, 7) is 0.953. The molecule has 26 heavy (non-hydrogen) atoms. The number of benzene rings is 2. The summed E-state index contributed by atoms with van der Waals surface area (Å²) in [6, 6.07) is 13.0. The van der Waals surface area contributed by atoms with Gasteiger partial charge in [-0.05, 0) is 23.8 Å². The van der Waals surface area contributed by atoms with E-state index >= 15 is 0 Å². The number of carbonyl (C=O) groups excluding carboxylic acids is 2. The summed E-state index contributed by atoms with van der Waals surface area (Å²) in [5.41, 5.74) is 0.813. The molecule has 0 aromatic heterocycles. The van der Waals surface area contributed by atoms with Gasteiger partial charge in [0.2, 0.25) is 5.91 Å². The van der Waals surface area contributed by atoms with Gasteiger partial charge in [-0.3, -0.25) is 19.7 Å². The Bertz CT molecular complexity index is 807. The quantitative estimate of drug-likeness (QED) is 0.429. The molecule has 0 spiro atoms. The van der Waals surface area contributed by atoms with Crippen LogP contribution in [0.5, 0.6) is 5.75 Å². The molecule has 1 amide bonds. The molecule has 136 valence electrons. The summed E-state index contributed by atoms with van der Waals surface area (Å²) < 4.78 is 10.1. The number of esters is 1. The number of anilines is 1. The zero-order chi connectivity index (χ0) is 19.1. The lowest BCUT2D eigenvalue weighted by molar-refractivity contribution is -0.385. The Morgan fingerprint density at radius 2 is 1.85 bits per heavy atom. The van der Waals surface area contributed by atoms with E-state index in [0.29, 0.717) is 11.3 Å². The second-order valence-electron chi connectivity index (χ2n) is 5.36. The largest absolute Gasteiger partial charge is 0.490 e. The summed E-state index contributed by atoms with van der Waals surface area (Å²) in [5, 5.41) is 11.0. The molecule has 2 aromatic rings. The lowest BCUT2D eigenvalue weighted by atomic mass is 10.2. The summed E-state index contributed by atoms with van der Waals surface area (Å²) in [4.78, 5) is 35.6. The second-order valence-corrected chi connectivity index (χ2v) is 5.36. The fraction of sp³-hybridized carbons (Fsp3) is 0.222. The maximum absolute atomic E-state index is 12.1. The molecule has 0 unspecified atom stereocenters. The van der Waals surface area contributed by atoms with Gasteiger partial charge in [0.05, 0.1) is 12.0 Å². The SMILES string of the molecule is COc1ccc(COC(=O)CN(C(C)=O)c2ccccc2)cc1[N+](=O)[O-]. The highest BCUT2D eigenvalue weighted by Gasteiger charge is 2.18. The van der Waals surface area contributed by atoms with Crippen LogP contribution in [-0.2, 0) is 20.9 Å². The highest BCUT2D eigenvalue weighted by Crippen LogP contribution is 2.27. The van der Waals surface area contributed by atoms with Crippen molar-refractivity contribution in [3.8, 4) is 5.75 Å². The van der Waals surface area contributed by atoms with E-state index in [0.717, 1.165) is 0 Å². The van der Waals surface area contributed by atoms with Crippen LogP contribution < -0.4 is 9.64 Å². The van der Waals surface area contributed by atoms with Crippen molar-refractivity contribution in [3.05, 3.63) is 64.2 Å². The van der Waals surface area contributed by atoms with Crippen LogP contribution >= 0.6 is 0 Å². The molecule has 0 aliphatic heterocycles. The maximum atomic E-state index is 12.1. The van der Waals surface area contributed by atoms with E-state index in [-0.39, 0.29) is 30.5 Å². The molecule has 0 saturated heterocycles. The van der Waals surface area contributed by atoms with Crippen molar-refractivity contribution in [2.75, 3.05) is 18.6 Å². The van der Waals surface area contributed by atoms with Gasteiger partial charge in [0.25, 0.3) is 0 Å². The fourth-order valence-electron chi connectivity index (χ4n) is 2.30. The Kier molecular flexibility index (Phi) is 6.26. The van der Waals surface area contributed by atoms with Crippen LogP contribution in [0.25, 0.3) is 0 Å².